The van der Waals surface area contributed by atoms with E-state index < -0.39 is 23.6 Å². The highest BCUT2D eigenvalue weighted by Gasteiger charge is 2.28. The van der Waals surface area contributed by atoms with Crippen LogP contribution in [0.4, 0.5) is 0 Å². The largest absolute Gasteiger partial charge is 0.472 e. The number of primary amides is 1. The molecule has 0 radical (unpaired) electrons. The average Bonchev–Trinajstić information content (AvgIpc) is 3.32. The molecule has 1 unspecified atom stereocenters. The summed E-state index contributed by atoms with van der Waals surface area (Å²) < 4.78 is 13.0. The number of nitrogens with one attached hydrogen (secondary N) is 1. The number of furan rings is 1. The van der Waals surface area contributed by atoms with E-state index >= 15 is 0 Å². The first-order valence-corrected chi connectivity index (χ1v) is 8.04. The molecule has 0 bridgehead atoms. The van der Waals surface area contributed by atoms with Crippen LogP contribution < -0.4 is 11.1 Å². The molecule has 0 aliphatic heterocycles. The van der Waals surface area contributed by atoms with Crippen molar-refractivity contribution in [2.75, 3.05) is 0 Å². The van der Waals surface area contributed by atoms with Gasteiger partial charge >= 0.3 is 0 Å². The molecule has 0 saturated carbocycles. The zero-order valence-electron chi connectivity index (χ0n) is 13.2. The maximum absolute atomic E-state index is 12.6. The van der Waals surface area contributed by atoms with Gasteiger partial charge in [0.1, 0.15) is 18.1 Å². The van der Waals surface area contributed by atoms with Gasteiger partial charge in [0.15, 0.2) is 5.69 Å². The summed E-state index contributed by atoms with van der Waals surface area (Å²) >= 11 is 0.824. The minimum absolute atomic E-state index is 0.0110. The van der Waals surface area contributed by atoms with Crippen molar-refractivity contribution >= 4 is 29.3 Å². The number of amides is 2. The Kier molecular flexibility index (Phi) is 5.08. The molecule has 0 aliphatic rings. The Bertz CT molecular complexity index is 925. The minimum atomic E-state index is -1.16. The molecule has 0 aliphatic carbocycles. The number of rotatable bonds is 7. The third kappa shape index (κ3) is 3.78. The maximum Gasteiger partial charge on any atom is 0.287 e. The molecule has 0 fully saturated rings. The van der Waals surface area contributed by atoms with Crippen molar-refractivity contribution in [2.24, 2.45) is 5.73 Å². The summed E-state index contributed by atoms with van der Waals surface area (Å²) in [7, 11) is 0. The average molecular weight is 372 g/mol. The Hall–Kier alpha value is -3.47. The molecule has 3 N–H and O–H groups in total. The SMILES string of the molecule is NC(=O)C(=O)C(Cc1ccoc1)NC(=O)c1nsnc1-c1ccncn1. The molecular formula is C15H12N6O4S. The fourth-order valence-corrected chi connectivity index (χ4v) is 2.74. The number of nitrogens with two attached hydrogens (primary N) is 1. The van der Waals surface area contributed by atoms with Gasteiger partial charge in [0.05, 0.1) is 29.9 Å². The number of ketones is 1. The molecule has 0 spiro atoms. The first kappa shape index (κ1) is 17.4. The van der Waals surface area contributed by atoms with E-state index in [0.29, 0.717) is 11.3 Å². The highest BCUT2D eigenvalue weighted by Crippen LogP contribution is 2.19. The van der Waals surface area contributed by atoms with Gasteiger partial charge in [-0.05, 0) is 17.7 Å². The van der Waals surface area contributed by atoms with E-state index in [1.807, 2.05) is 0 Å². The summed E-state index contributed by atoms with van der Waals surface area (Å²) in [5, 5.41) is 2.48. The third-order valence-corrected chi connectivity index (χ3v) is 3.94. The van der Waals surface area contributed by atoms with Gasteiger partial charge < -0.3 is 15.5 Å². The van der Waals surface area contributed by atoms with Crippen LogP contribution in [0.5, 0.6) is 0 Å². The van der Waals surface area contributed by atoms with Crippen molar-refractivity contribution in [3.05, 3.63) is 48.4 Å². The molecule has 1 atom stereocenters. The van der Waals surface area contributed by atoms with Crippen molar-refractivity contribution in [1.82, 2.24) is 24.0 Å². The summed E-state index contributed by atoms with van der Waals surface area (Å²) in [6.07, 6.45) is 5.69. The van der Waals surface area contributed by atoms with Crippen LogP contribution in [0.25, 0.3) is 11.4 Å². The smallest absolute Gasteiger partial charge is 0.287 e. The number of hydrogen-bond acceptors (Lipinski definition) is 9. The zero-order chi connectivity index (χ0) is 18.5. The molecule has 3 rings (SSSR count). The maximum atomic E-state index is 12.6. The van der Waals surface area contributed by atoms with Crippen molar-refractivity contribution in [1.29, 1.82) is 0 Å². The predicted octanol–water partition coefficient (Wildman–Crippen LogP) is -0.0164. The van der Waals surface area contributed by atoms with Crippen LogP contribution in [0, 0.1) is 0 Å². The van der Waals surface area contributed by atoms with E-state index in [0.717, 1.165) is 11.7 Å². The van der Waals surface area contributed by atoms with Crippen LogP contribution in [0.15, 0.2) is 41.6 Å². The molecule has 0 aromatic carbocycles. The highest BCUT2D eigenvalue weighted by molar-refractivity contribution is 6.99. The molecule has 26 heavy (non-hydrogen) atoms. The molecule has 2 amide bonds. The minimum Gasteiger partial charge on any atom is -0.472 e. The third-order valence-electron chi connectivity index (χ3n) is 3.41. The number of hydrogen-bond donors (Lipinski definition) is 2. The summed E-state index contributed by atoms with van der Waals surface area (Å²) in [6.45, 7) is 0. The zero-order valence-corrected chi connectivity index (χ0v) is 14.0. The summed E-state index contributed by atoms with van der Waals surface area (Å²) in [5.74, 6) is -2.74. The second-order valence-corrected chi connectivity index (χ2v) is 5.67. The van der Waals surface area contributed by atoms with Crippen LogP contribution in [0.3, 0.4) is 0 Å². The molecule has 11 heteroatoms. The number of carbonyl (C=O) groups is 3. The Morgan fingerprint density at radius 2 is 2.12 bits per heavy atom. The number of Topliss-reactive ketones (excluding diaryl/α,β-unsaturated/α-hetero) is 1. The van der Waals surface area contributed by atoms with E-state index in [9.17, 15) is 14.4 Å². The number of aromatic nitrogens is 4. The monoisotopic (exact) mass is 372 g/mol. The Morgan fingerprint density at radius 1 is 1.27 bits per heavy atom. The van der Waals surface area contributed by atoms with E-state index in [1.54, 1.807) is 12.1 Å². The normalized spacial score (nSPS) is 11.7. The second-order valence-electron chi connectivity index (χ2n) is 5.15. The van der Waals surface area contributed by atoms with Crippen molar-refractivity contribution < 1.29 is 18.8 Å². The topological polar surface area (TPSA) is 154 Å². The fourth-order valence-electron chi connectivity index (χ4n) is 2.19. The van der Waals surface area contributed by atoms with E-state index in [1.165, 1.54) is 25.1 Å². The van der Waals surface area contributed by atoms with Crippen LogP contribution in [0.1, 0.15) is 16.1 Å². The lowest BCUT2D eigenvalue weighted by Crippen LogP contribution is -2.47. The Balaban J connectivity index is 1.83. The number of carbonyl (C=O) groups excluding carboxylic acids is 3. The fraction of sp³-hybridized carbons (Fsp3) is 0.133. The first-order valence-electron chi connectivity index (χ1n) is 7.30. The second kappa shape index (κ2) is 7.61. The van der Waals surface area contributed by atoms with Crippen LogP contribution in [0.2, 0.25) is 0 Å². The van der Waals surface area contributed by atoms with Gasteiger partial charge in [-0.25, -0.2) is 9.97 Å². The summed E-state index contributed by atoms with van der Waals surface area (Å²) in [4.78, 5) is 43.8. The van der Waals surface area contributed by atoms with Gasteiger partial charge in [-0.2, -0.15) is 8.75 Å². The molecule has 10 nitrogen and oxygen atoms in total. The summed E-state index contributed by atoms with van der Waals surface area (Å²) in [6, 6.07) is 2.03. The van der Waals surface area contributed by atoms with Crippen LogP contribution >= 0.6 is 11.7 Å². The van der Waals surface area contributed by atoms with Crippen molar-refractivity contribution in [2.45, 2.75) is 12.5 Å². The summed E-state index contributed by atoms with van der Waals surface area (Å²) in [5.41, 5.74) is 6.35. The predicted molar refractivity (Wildman–Crippen MR) is 88.8 cm³/mol. The Morgan fingerprint density at radius 3 is 2.77 bits per heavy atom. The van der Waals surface area contributed by atoms with Gasteiger partial charge in [0.25, 0.3) is 11.8 Å². The van der Waals surface area contributed by atoms with Crippen LogP contribution in [-0.4, -0.2) is 42.4 Å². The van der Waals surface area contributed by atoms with Gasteiger partial charge in [0, 0.05) is 12.6 Å². The van der Waals surface area contributed by atoms with Crippen LogP contribution in [-0.2, 0) is 16.0 Å². The first-order chi connectivity index (χ1) is 12.6. The van der Waals surface area contributed by atoms with Crippen molar-refractivity contribution in [3.8, 4) is 11.4 Å². The molecular weight excluding hydrogens is 360 g/mol. The lowest BCUT2D eigenvalue weighted by atomic mass is 10.0. The van der Waals surface area contributed by atoms with Gasteiger partial charge in [-0.3, -0.25) is 14.4 Å². The molecule has 3 heterocycles. The quantitative estimate of drug-likeness (QED) is 0.549. The van der Waals surface area contributed by atoms with E-state index in [-0.39, 0.29) is 17.8 Å². The van der Waals surface area contributed by atoms with Crippen molar-refractivity contribution in [3.63, 3.8) is 0 Å². The lowest BCUT2D eigenvalue weighted by molar-refractivity contribution is -0.137. The Labute approximate surface area is 150 Å². The van der Waals surface area contributed by atoms with Gasteiger partial charge in [0.2, 0.25) is 5.78 Å². The standard InChI is InChI=1S/C15H12N6O4S/c16-14(23)13(22)10(5-8-2-4-25-6-8)19-15(24)12-11(20-26-21-12)9-1-3-17-7-18-9/h1-4,6-7,10H,5H2,(H2,16,23)(H,19,24). The lowest BCUT2D eigenvalue weighted by Gasteiger charge is -2.14. The molecule has 132 valence electrons. The molecule has 3 aromatic heterocycles. The highest BCUT2D eigenvalue weighted by atomic mass is 32.1. The molecule has 3 aromatic rings. The number of nitrogens with zero attached hydrogens (tertiary/aromatic N) is 4. The molecule has 0 saturated heterocycles. The van der Waals surface area contributed by atoms with E-state index in [4.69, 9.17) is 10.2 Å². The van der Waals surface area contributed by atoms with Gasteiger partial charge in [-0.15, -0.1) is 0 Å². The van der Waals surface area contributed by atoms with E-state index in [2.05, 4.69) is 24.0 Å². The van der Waals surface area contributed by atoms with Gasteiger partial charge in [-0.1, -0.05) is 0 Å².